The molecule has 0 aliphatic rings. The number of fused-ring (bicyclic) bond motifs is 1. The first-order chi connectivity index (χ1) is 9.97. The van der Waals surface area contributed by atoms with Gasteiger partial charge in [0.2, 0.25) is 0 Å². The first-order valence-electron chi connectivity index (χ1n) is 5.84. The van der Waals surface area contributed by atoms with E-state index in [1.165, 1.54) is 6.07 Å². The van der Waals surface area contributed by atoms with Crippen molar-refractivity contribution in [3.05, 3.63) is 53.6 Å². The molecule has 0 saturated heterocycles. The zero-order valence-electron chi connectivity index (χ0n) is 10.4. The maximum Gasteiger partial charge on any atom is 0.195 e. The minimum atomic E-state index is -1.62. The molecule has 7 heteroatoms. The van der Waals surface area contributed by atoms with Crippen LogP contribution in [0.1, 0.15) is 0 Å². The molecule has 3 nitrogen and oxygen atoms in total. The number of nitrogens with zero attached hydrogens (tertiary/aromatic N) is 2. The summed E-state index contributed by atoms with van der Waals surface area (Å²) in [7, 11) is 0. The van der Waals surface area contributed by atoms with Crippen LogP contribution in [0.5, 0.6) is 0 Å². The normalized spacial score (nSPS) is 11.0. The van der Waals surface area contributed by atoms with Crippen LogP contribution in [0.25, 0.3) is 22.3 Å². The van der Waals surface area contributed by atoms with E-state index in [0.717, 1.165) is 24.3 Å². The summed E-state index contributed by atoms with van der Waals surface area (Å²) in [6.45, 7) is 0. The Morgan fingerprint density at radius 1 is 0.857 bits per heavy atom. The highest BCUT2D eigenvalue weighted by Gasteiger charge is 2.18. The van der Waals surface area contributed by atoms with E-state index >= 15 is 0 Å². The average Bonchev–Trinajstić information content (AvgIpc) is 2.45. The van der Waals surface area contributed by atoms with E-state index in [1.54, 1.807) is 0 Å². The maximum absolute atomic E-state index is 13.7. The van der Waals surface area contributed by atoms with Crippen molar-refractivity contribution in [2.24, 2.45) is 0 Å². The van der Waals surface area contributed by atoms with E-state index in [1.807, 2.05) is 0 Å². The smallest absolute Gasteiger partial charge is 0.195 e. The zero-order valence-corrected chi connectivity index (χ0v) is 10.4. The Balaban J connectivity index is 2.27. The molecule has 1 heterocycles. The molecule has 0 radical (unpaired) electrons. The lowest BCUT2D eigenvalue weighted by Gasteiger charge is -2.07. The van der Waals surface area contributed by atoms with Gasteiger partial charge >= 0.3 is 0 Å². The Labute approximate surface area is 116 Å². The number of hydrogen-bond acceptors (Lipinski definition) is 3. The van der Waals surface area contributed by atoms with Crippen molar-refractivity contribution in [2.75, 3.05) is 5.73 Å². The minimum Gasteiger partial charge on any atom is -0.383 e. The molecule has 2 aromatic carbocycles. The Bertz CT molecular complexity index is 864. The molecular formula is C14H7F4N3. The van der Waals surface area contributed by atoms with Gasteiger partial charge in [0.05, 0.1) is 11.1 Å². The molecule has 0 amide bonds. The summed E-state index contributed by atoms with van der Waals surface area (Å²) in [6.07, 6.45) is 0. The SMILES string of the molecule is Nc1nc(-c2ccc(F)c(F)c2F)nc2ccc(F)cc12. The summed E-state index contributed by atoms with van der Waals surface area (Å²) in [5.41, 5.74) is 5.61. The fraction of sp³-hybridized carbons (Fsp3) is 0. The van der Waals surface area contributed by atoms with Gasteiger partial charge in [0.1, 0.15) is 11.6 Å². The average molecular weight is 293 g/mol. The number of hydrogen-bond donors (Lipinski definition) is 1. The van der Waals surface area contributed by atoms with Gasteiger partial charge in [0, 0.05) is 5.39 Å². The summed E-state index contributed by atoms with van der Waals surface area (Å²) in [5.74, 6) is -5.15. The van der Waals surface area contributed by atoms with Crippen molar-refractivity contribution in [2.45, 2.75) is 0 Å². The fourth-order valence-corrected chi connectivity index (χ4v) is 1.94. The number of anilines is 1. The first kappa shape index (κ1) is 13.3. The van der Waals surface area contributed by atoms with Crippen LogP contribution in [-0.2, 0) is 0 Å². The van der Waals surface area contributed by atoms with Gasteiger partial charge in [-0.1, -0.05) is 0 Å². The Morgan fingerprint density at radius 3 is 2.38 bits per heavy atom. The first-order valence-corrected chi connectivity index (χ1v) is 5.84. The standard InChI is InChI=1S/C14H7F4N3/c15-6-1-4-10-8(5-6)13(19)21-14(20-10)7-2-3-9(16)12(18)11(7)17/h1-5H,(H2,19,20,21). The summed E-state index contributed by atoms with van der Waals surface area (Å²) < 4.78 is 53.1. The van der Waals surface area contributed by atoms with Crippen molar-refractivity contribution in [1.82, 2.24) is 9.97 Å². The highest BCUT2D eigenvalue weighted by molar-refractivity contribution is 5.89. The molecule has 0 aliphatic carbocycles. The summed E-state index contributed by atoms with van der Waals surface area (Å²) >= 11 is 0. The van der Waals surface area contributed by atoms with E-state index < -0.39 is 23.3 Å². The van der Waals surface area contributed by atoms with Gasteiger partial charge in [0.25, 0.3) is 0 Å². The third kappa shape index (κ3) is 2.16. The molecule has 0 spiro atoms. The van der Waals surface area contributed by atoms with Crippen LogP contribution in [0.2, 0.25) is 0 Å². The fourth-order valence-electron chi connectivity index (χ4n) is 1.94. The lowest BCUT2D eigenvalue weighted by atomic mass is 10.1. The molecule has 3 aromatic rings. The van der Waals surface area contributed by atoms with Crippen LogP contribution in [0, 0.1) is 23.3 Å². The monoisotopic (exact) mass is 293 g/mol. The Hall–Kier alpha value is -2.70. The molecule has 0 bridgehead atoms. The van der Waals surface area contributed by atoms with Crippen LogP contribution >= 0.6 is 0 Å². The largest absolute Gasteiger partial charge is 0.383 e. The van der Waals surface area contributed by atoms with Gasteiger partial charge in [-0.25, -0.2) is 27.5 Å². The van der Waals surface area contributed by atoms with Crippen LogP contribution in [-0.4, -0.2) is 9.97 Å². The summed E-state index contributed by atoms with van der Waals surface area (Å²) in [6, 6.07) is 5.40. The van der Waals surface area contributed by atoms with Crippen LogP contribution < -0.4 is 5.73 Å². The van der Waals surface area contributed by atoms with Crippen LogP contribution in [0.15, 0.2) is 30.3 Å². The van der Waals surface area contributed by atoms with Gasteiger partial charge in [-0.15, -0.1) is 0 Å². The predicted molar refractivity (Wildman–Crippen MR) is 69.2 cm³/mol. The van der Waals surface area contributed by atoms with E-state index in [0.29, 0.717) is 0 Å². The molecule has 3 rings (SSSR count). The van der Waals surface area contributed by atoms with Crippen LogP contribution in [0.3, 0.4) is 0 Å². The van der Waals surface area contributed by atoms with Crippen molar-refractivity contribution in [1.29, 1.82) is 0 Å². The molecule has 0 atom stereocenters. The van der Waals surface area contributed by atoms with E-state index in [9.17, 15) is 17.6 Å². The second-order valence-corrected chi connectivity index (χ2v) is 4.32. The maximum atomic E-state index is 13.7. The Kier molecular flexibility index (Phi) is 2.97. The van der Waals surface area contributed by atoms with Crippen molar-refractivity contribution in [3.8, 4) is 11.4 Å². The molecule has 1 aromatic heterocycles. The number of nitrogen functional groups attached to an aromatic ring is 1. The van der Waals surface area contributed by atoms with Gasteiger partial charge in [-0.05, 0) is 30.3 Å². The lowest BCUT2D eigenvalue weighted by molar-refractivity contribution is 0.448. The quantitative estimate of drug-likeness (QED) is 0.552. The second-order valence-electron chi connectivity index (χ2n) is 4.32. The number of nitrogens with two attached hydrogens (primary N) is 1. The number of halogens is 4. The topological polar surface area (TPSA) is 51.8 Å². The van der Waals surface area contributed by atoms with Gasteiger partial charge in [-0.2, -0.15) is 0 Å². The molecule has 21 heavy (non-hydrogen) atoms. The minimum absolute atomic E-state index is 0.0846. The highest BCUT2D eigenvalue weighted by atomic mass is 19.2. The molecular weight excluding hydrogens is 286 g/mol. The predicted octanol–water partition coefficient (Wildman–Crippen LogP) is 3.44. The van der Waals surface area contributed by atoms with Crippen molar-refractivity contribution >= 4 is 16.7 Å². The Morgan fingerprint density at radius 2 is 1.62 bits per heavy atom. The third-order valence-electron chi connectivity index (χ3n) is 2.96. The molecule has 106 valence electrons. The van der Waals surface area contributed by atoms with Gasteiger partial charge in [-0.3, -0.25) is 0 Å². The molecule has 0 fully saturated rings. The highest BCUT2D eigenvalue weighted by Crippen LogP contribution is 2.27. The van der Waals surface area contributed by atoms with Gasteiger partial charge < -0.3 is 5.73 Å². The molecule has 2 N–H and O–H groups in total. The molecule has 0 unspecified atom stereocenters. The van der Waals surface area contributed by atoms with Gasteiger partial charge in [0.15, 0.2) is 23.3 Å². The number of benzene rings is 2. The summed E-state index contributed by atoms with van der Waals surface area (Å²) in [5, 5.41) is 0.252. The van der Waals surface area contributed by atoms with Crippen LogP contribution in [0.4, 0.5) is 23.4 Å². The number of aromatic nitrogens is 2. The van der Waals surface area contributed by atoms with Crippen molar-refractivity contribution < 1.29 is 17.6 Å². The third-order valence-corrected chi connectivity index (χ3v) is 2.96. The second kappa shape index (κ2) is 4.69. The summed E-state index contributed by atoms with van der Waals surface area (Å²) in [4.78, 5) is 7.81. The van der Waals surface area contributed by atoms with E-state index in [4.69, 9.17) is 5.73 Å². The number of rotatable bonds is 1. The molecule has 0 aliphatic heterocycles. The lowest BCUT2D eigenvalue weighted by Crippen LogP contribution is -2.01. The van der Waals surface area contributed by atoms with Crippen molar-refractivity contribution in [3.63, 3.8) is 0 Å². The zero-order chi connectivity index (χ0) is 15.1. The molecule has 0 saturated carbocycles. The van der Waals surface area contributed by atoms with E-state index in [2.05, 4.69) is 9.97 Å². The van der Waals surface area contributed by atoms with E-state index in [-0.39, 0.29) is 28.1 Å².